The smallest absolute Gasteiger partial charge is 0.280 e. The molecule has 2 aromatic rings. The van der Waals surface area contributed by atoms with E-state index in [1.807, 2.05) is 12.1 Å². The van der Waals surface area contributed by atoms with Gasteiger partial charge < -0.3 is 19.3 Å². The van der Waals surface area contributed by atoms with E-state index in [9.17, 15) is 9.59 Å². The molecule has 1 fully saturated rings. The molecule has 128 valence electrons. The third kappa shape index (κ3) is 4.45. The van der Waals surface area contributed by atoms with E-state index in [-0.39, 0.29) is 30.0 Å². The van der Waals surface area contributed by atoms with Crippen molar-refractivity contribution in [3.8, 4) is 5.88 Å². The number of H-pyrrole nitrogens is 1. The summed E-state index contributed by atoms with van der Waals surface area (Å²) in [6.07, 6.45) is 2.71. The van der Waals surface area contributed by atoms with Crippen LogP contribution >= 0.6 is 0 Å². The van der Waals surface area contributed by atoms with Crippen molar-refractivity contribution in [1.82, 2.24) is 15.5 Å². The van der Waals surface area contributed by atoms with E-state index in [0.29, 0.717) is 37.7 Å². The summed E-state index contributed by atoms with van der Waals surface area (Å²) >= 11 is 0. The summed E-state index contributed by atoms with van der Waals surface area (Å²) in [5.74, 6) is 0.832. The number of carbonyl (C=O) groups is 1. The largest absolute Gasteiger partial charge is 0.472 e. The monoisotopic (exact) mass is 333 g/mol. The number of aromatic amines is 1. The molecule has 0 saturated carbocycles. The molecule has 2 unspecified atom stereocenters. The van der Waals surface area contributed by atoms with Gasteiger partial charge >= 0.3 is 0 Å². The predicted octanol–water partition coefficient (Wildman–Crippen LogP) is 0.648. The second-order valence-electron chi connectivity index (χ2n) is 5.54. The van der Waals surface area contributed by atoms with E-state index in [2.05, 4.69) is 15.5 Å². The second kappa shape index (κ2) is 7.78. The Hall–Kier alpha value is -2.61. The first-order valence-electron chi connectivity index (χ1n) is 7.83. The maximum Gasteiger partial charge on any atom is 0.280 e. The standard InChI is InChI=1S/C16H19N3O5/c20-14(5-4-11-9-15(21)19-24-11)18-12-10-22-8-6-13(12)23-16-3-1-2-7-17-16/h1-3,7,9,12-13H,4-6,8,10H2,(H,18,20)(H,19,21). The lowest BCUT2D eigenvalue weighted by molar-refractivity contribution is -0.124. The molecule has 8 nitrogen and oxygen atoms in total. The topological polar surface area (TPSA) is 106 Å². The van der Waals surface area contributed by atoms with Gasteiger partial charge in [0.25, 0.3) is 5.56 Å². The van der Waals surface area contributed by atoms with Crippen LogP contribution in [0.5, 0.6) is 5.88 Å². The van der Waals surface area contributed by atoms with E-state index in [1.54, 1.807) is 12.3 Å². The number of nitrogens with zero attached hydrogens (tertiary/aromatic N) is 1. The molecule has 24 heavy (non-hydrogen) atoms. The van der Waals surface area contributed by atoms with Gasteiger partial charge in [-0.25, -0.2) is 4.98 Å². The Morgan fingerprint density at radius 1 is 1.46 bits per heavy atom. The van der Waals surface area contributed by atoms with Crippen LogP contribution in [0.1, 0.15) is 18.6 Å². The highest BCUT2D eigenvalue weighted by molar-refractivity contribution is 5.76. The van der Waals surface area contributed by atoms with Gasteiger partial charge in [-0.05, 0) is 6.07 Å². The van der Waals surface area contributed by atoms with Gasteiger partial charge in [0.2, 0.25) is 11.8 Å². The number of aryl methyl sites for hydroxylation is 1. The highest BCUT2D eigenvalue weighted by atomic mass is 16.5. The lowest BCUT2D eigenvalue weighted by atomic mass is 10.1. The third-order valence-corrected chi connectivity index (χ3v) is 3.72. The van der Waals surface area contributed by atoms with E-state index in [1.165, 1.54) is 6.07 Å². The molecule has 2 aromatic heterocycles. The van der Waals surface area contributed by atoms with Crippen LogP contribution in [0.15, 0.2) is 39.8 Å². The predicted molar refractivity (Wildman–Crippen MR) is 83.7 cm³/mol. The Morgan fingerprint density at radius 3 is 3.12 bits per heavy atom. The van der Waals surface area contributed by atoms with Gasteiger partial charge in [0.1, 0.15) is 11.9 Å². The minimum absolute atomic E-state index is 0.149. The molecule has 0 spiro atoms. The molecule has 0 bridgehead atoms. The van der Waals surface area contributed by atoms with Crippen LogP contribution in [0.25, 0.3) is 0 Å². The van der Waals surface area contributed by atoms with Gasteiger partial charge in [-0.15, -0.1) is 0 Å². The average Bonchev–Trinajstić information content (AvgIpc) is 3.01. The zero-order chi connectivity index (χ0) is 16.8. The number of carbonyl (C=O) groups excluding carboxylic acids is 1. The van der Waals surface area contributed by atoms with Crippen LogP contribution in [0.3, 0.4) is 0 Å². The van der Waals surface area contributed by atoms with E-state index in [0.717, 1.165) is 0 Å². The Labute approximate surface area is 138 Å². The minimum Gasteiger partial charge on any atom is -0.472 e. The van der Waals surface area contributed by atoms with E-state index < -0.39 is 0 Å². The number of amides is 1. The number of hydrogen-bond donors (Lipinski definition) is 2. The van der Waals surface area contributed by atoms with Crippen molar-refractivity contribution >= 4 is 5.91 Å². The molecule has 1 saturated heterocycles. The van der Waals surface area contributed by atoms with Gasteiger partial charge in [0.15, 0.2) is 0 Å². The van der Waals surface area contributed by atoms with Gasteiger partial charge in [0.05, 0.1) is 19.3 Å². The summed E-state index contributed by atoms with van der Waals surface area (Å²) in [6, 6.07) is 6.54. The number of ether oxygens (including phenoxy) is 2. The minimum atomic E-state index is -0.310. The maximum atomic E-state index is 12.1. The maximum absolute atomic E-state index is 12.1. The molecule has 0 radical (unpaired) electrons. The number of aromatic nitrogens is 2. The van der Waals surface area contributed by atoms with Gasteiger partial charge in [-0.1, -0.05) is 6.07 Å². The molecule has 0 aliphatic carbocycles. The number of pyridine rings is 1. The van der Waals surface area contributed by atoms with Crippen molar-refractivity contribution in [1.29, 1.82) is 0 Å². The van der Waals surface area contributed by atoms with Crippen molar-refractivity contribution in [3.63, 3.8) is 0 Å². The second-order valence-corrected chi connectivity index (χ2v) is 5.54. The van der Waals surface area contributed by atoms with Crippen LogP contribution in [0.2, 0.25) is 0 Å². The van der Waals surface area contributed by atoms with E-state index in [4.69, 9.17) is 14.0 Å². The molecule has 3 heterocycles. The van der Waals surface area contributed by atoms with Gasteiger partial charge in [0, 0.05) is 37.6 Å². The Morgan fingerprint density at radius 2 is 2.38 bits per heavy atom. The molecule has 8 heteroatoms. The first-order chi connectivity index (χ1) is 11.7. The number of hydrogen-bond acceptors (Lipinski definition) is 6. The molecule has 0 aromatic carbocycles. The highest BCUT2D eigenvalue weighted by Gasteiger charge is 2.29. The van der Waals surface area contributed by atoms with Crippen molar-refractivity contribution < 1.29 is 18.8 Å². The molecule has 3 rings (SSSR count). The van der Waals surface area contributed by atoms with E-state index >= 15 is 0 Å². The van der Waals surface area contributed by atoms with Crippen LogP contribution in [-0.4, -0.2) is 41.4 Å². The lowest BCUT2D eigenvalue weighted by Gasteiger charge is -2.32. The zero-order valence-corrected chi connectivity index (χ0v) is 13.1. The van der Waals surface area contributed by atoms with Gasteiger partial charge in [-0.2, -0.15) is 5.16 Å². The highest BCUT2D eigenvalue weighted by Crippen LogP contribution is 2.16. The Bertz CT molecular complexity index is 712. The zero-order valence-electron chi connectivity index (χ0n) is 13.1. The van der Waals surface area contributed by atoms with Crippen LogP contribution in [0, 0.1) is 0 Å². The fourth-order valence-electron chi connectivity index (χ4n) is 2.53. The summed E-state index contributed by atoms with van der Waals surface area (Å²) in [4.78, 5) is 27.2. The molecule has 1 aliphatic rings. The third-order valence-electron chi connectivity index (χ3n) is 3.72. The molecule has 2 atom stereocenters. The SMILES string of the molecule is O=C(CCc1cc(=O)[nH]o1)NC1COCCC1Oc1ccccn1. The van der Waals surface area contributed by atoms with Crippen molar-refractivity contribution in [2.45, 2.75) is 31.4 Å². The lowest BCUT2D eigenvalue weighted by Crippen LogP contribution is -2.51. The fourth-order valence-corrected chi connectivity index (χ4v) is 2.53. The summed E-state index contributed by atoms with van der Waals surface area (Å²) in [5, 5.41) is 5.12. The van der Waals surface area contributed by atoms with Crippen molar-refractivity contribution in [2.24, 2.45) is 0 Å². The normalized spacial score (nSPS) is 20.5. The van der Waals surface area contributed by atoms with Gasteiger partial charge in [-0.3, -0.25) is 9.59 Å². The molecular weight excluding hydrogens is 314 g/mol. The van der Waals surface area contributed by atoms with Crippen LogP contribution in [0.4, 0.5) is 0 Å². The Balaban J connectivity index is 1.53. The van der Waals surface area contributed by atoms with Crippen LogP contribution in [-0.2, 0) is 16.0 Å². The first kappa shape index (κ1) is 16.3. The Kier molecular flexibility index (Phi) is 5.27. The van der Waals surface area contributed by atoms with Crippen LogP contribution < -0.4 is 15.6 Å². The first-order valence-corrected chi connectivity index (χ1v) is 7.83. The number of nitrogens with one attached hydrogen (secondary N) is 2. The number of rotatable bonds is 6. The molecule has 2 N–H and O–H groups in total. The fraction of sp³-hybridized carbons (Fsp3) is 0.438. The average molecular weight is 333 g/mol. The summed E-state index contributed by atoms with van der Waals surface area (Å²) < 4.78 is 16.2. The quantitative estimate of drug-likeness (QED) is 0.804. The molecule has 1 aliphatic heterocycles. The summed E-state index contributed by atoms with van der Waals surface area (Å²) in [7, 11) is 0. The summed E-state index contributed by atoms with van der Waals surface area (Å²) in [6.45, 7) is 0.973. The molecular formula is C16H19N3O5. The van der Waals surface area contributed by atoms with Crippen molar-refractivity contribution in [3.05, 3.63) is 46.6 Å². The van der Waals surface area contributed by atoms with Crippen molar-refractivity contribution in [2.75, 3.05) is 13.2 Å². The molecule has 1 amide bonds. The summed E-state index contributed by atoms with van der Waals surface area (Å²) in [5.41, 5.74) is -0.310.